The van der Waals surface area contributed by atoms with Gasteiger partial charge in [-0.05, 0) is 12.0 Å². The lowest BCUT2D eigenvalue weighted by Gasteiger charge is -2.03. The quantitative estimate of drug-likeness (QED) is 0.462. The summed E-state index contributed by atoms with van der Waals surface area (Å²) < 4.78 is 4.47. The van der Waals surface area contributed by atoms with Crippen molar-refractivity contribution in [3.63, 3.8) is 0 Å². The normalized spacial score (nSPS) is 9.88. The van der Waals surface area contributed by atoms with Gasteiger partial charge < -0.3 is 4.74 Å². The molecule has 0 aliphatic carbocycles. The SMILES string of the molecule is COC(=O)CCc1cccc([N+](=O)[O-])c1Cl. The van der Waals surface area contributed by atoms with E-state index in [1.54, 1.807) is 6.07 Å². The Morgan fingerprint density at radius 1 is 1.56 bits per heavy atom. The number of carbonyl (C=O) groups is 1. The van der Waals surface area contributed by atoms with E-state index in [4.69, 9.17) is 11.6 Å². The van der Waals surface area contributed by atoms with Crippen LogP contribution in [0, 0.1) is 10.1 Å². The van der Waals surface area contributed by atoms with Crippen molar-refractivity contribution in [3.8, 4) is 0 Å². The number of nitro benzene ring substituents is 1. The summed E-state index contributed by atoms with van der Waals surface area (Å²) in [5, 5.41) is 10.7. The molecule has 0 unspecified atom stereocenters. The van der Waals surface area contributed by atoms with Crippen LogP contribution < -0.4 is 0 Å². The largest absolute Gasteiger partial charge is 0.469 e. The first-order chi connectivity index (χ1) is 7.56. The van der Waals surface area contributed by atoms with Gasteiger partial charge in [0.1, 0.15) is 5.02 Å². The second kappa shape index (κ2) is 5.46. The Hall–Kier alpha value is -1.62. The highest BCUT2D eigenvalue weighted by molar-refractivity contribution is 6.33. The van der Waals surface area contributed by atoms with E-state index in [2.05, 4.69) is 4.74 Å². The van der Waals surface area contributed by atoms with Crippen LogP contribution in [0.4, 0.5) is 5.69 Å². The zero-order valence-corrected chi connectivity index (χ0v) is 9.36. The number of hydrogen-bond acceptors (Lipinski definition) is 4. The van der Waals surface area contributed by atoms with Gasteiger partial charge in [0.2, 0.25) is 0 Å². The second-order valence-electron chi connectivity index (χ2n) is 3.08. The molecular formula is C10H10ClNO4. The first-order valence-corrected chi connectivity index (χ1v) is 4.92. The van der Waals surface area contributed by atoms with Gasteiger partial charge in [-0.15, -0.1) is 0 Å². The fraction of sp³-hybridized carbons (Fsp3) is 0.300. The molecule has 0 amide bonds. The predicted molar refractivity (Wildman–Crippen MR) is 58.4 cm³/mol. The van der Waals surface area contributed by atoms with E-state index in [9.17, 15) is 14.9 Å². The smallest absolute Gasteiger partial charge is 0.305 e. The minimum Gasteiger partial charge on any atom is -0.469 e. The van der Waals surface area contributed by atoms with Gasteiger partial charge in [0.25, 0.3) is 5.69 Å². The molecule has 6 heteroatoms. The summed E-state index contributed by atoms with van der Waals surface area (Å²) in [4.78, 5) is 21.0. The molecule has 0 N–H and O–H groups in total. The summed E-state index contributed by atoms with van der Waals surface area (Å²) >= 11 is 5.84. The molecule has 0 aliphatic heterocycles. The van der Waals surface area contributed by atoms with E-state index in [-0.39, 0.29) is 23.1 Å². The Labute approximate surface area is 97.1 Å². The maximum atomic E-state index is 10.9. The maximum Gasteiger partial charge on any atom is 0.305 e. The van der Waals surface area contributed by atoms with E-state index in [0.29, 0.717) is 12.0 Å². The van der Waals surface area contributed by atoms with Crippen molar-refractivity contribution in [2.75, 3.05) is 7.11 Å². The van der Waals surface area contributed by atoms with Crippen LogP contribution in [0.2, 0.25) is 5.02 Å². The van der Waals surface area contributed by atoms with E-state index in [1.165, 1.54) is 19.2 Å². The van der Waals surface area contributed by atoms with Gasteiger partial charge in [0.15, 0.2) is 0 Å². The van der Waals surface area contributed by atoms with Crippen LogP contribution in [-0.2, 0) is 16.0 Å². The molecule has 86 valence electrons. The second-order valence-corrected chi connectivity index (χ2v) is 3.46. The standard InChI is InChI=1S/C10H10ClNO4/c1-16-9(13)6-5-7-3-2-4-8(10(7)11)12(14)15/h2-4H,5-6H2,1H3. The Morgan fingerprint density at radius 2 is 2.25 bits per heavy atom. The number of aryl methyl sites for hydroxylation is 1. The van der Waals surface area contributed by atoms with Crippen molar-refractivity contribution in [2.24, 2.45) is 0 Å². The highest BCUT2D eigenvalue weighted by Crippen LogP contribution is 2.28. The molecule has 0 aliphatic rings. The zero-order chi connectivity index (χ0) is 12.1. The Balaban J connectivity index is 2.85. The number of benzene rings is 1. The molecular weight excluding hydrogens is 234 g/mol. The number of ether oxygens (including phenoxy) is 1. The molecule has 1 rings (SSSR count). The van der Waals surface area contributed by atoms with Crippen LogP contribution >= 0.6 is 11.6 Å². The number of carbonyl (C=O) groups excluding carboxylic acids is 1. The highest BCUT2D eigenvalue weighted by Gasteiger charge is 2.15. The number of rotatable bonds is 4. The summed E-state index contributed by atoms with van der Waals surface area (Å²) in [6.07, 6.45) is 0.477. The summed E-state index contributed by atoms with van der Waals surface area (Å²) in [7, 11) is 1.29. The van der Waals surface area contributed by atoms with Gasteiger partial charge in [-0.25, -0.2) is 0 Å². The molecule has 0 atom stereocenters. The summed E-state index contributed by atoms with van der Waals surface area (Å²) in [5.74, 6) is -0.373. The summed E-state index contributed by atoms with van der Waals surface area (Å²) in [5.41, 5.74) is 0.422. The zero-order valence-electron chi connectivity index (χ0n) is 8.60. The maximum absolute atomic E-state index is 10.9. The molecule has 16 heavy (non-hydrogen) atoms. The monoisotopic (exact) mass is 243 g/mol. The summed E-state index contributed by atoms with van der Waals surface area (Å²) in [6.45, 7) is 0. The van der Waals surface area contributed by atoms with E-state index >= 15 is 0 Å². The minimum absolute atomic E-state index is 0.0800. The average molecular weight is 244 g/mol. The molecule has 1 aromatic rings. The van der Waals surface area contributed by atoms with Gasteiger partial charge in [0, 0.05) is 12.5 Å². The minimum atomic E-state index is -0.552. The molecule has 0 spiro atoms. The van der Waals surface area contributed by atoms with E-state index < -0.39 is 4.92 Å². The third kappa shape index (κ3) is 2.93. The topological polar surface area (TPSA) is 69.4 Å². The summed E-state index contributed by atoms with van der Waals surface area (Å²) in [6, 6.07) is 4.51. The predicted octanol–water partition coefficient (Wildman–Crippen LogP) is 2.35. The van der Waals surface area contributed by atoms with Gasteiger partial charge in [-0.3, -0.25) is 14.9 Å². The van der Waals surface area contributed by atoms with Crippen molar-refractivity contribution in [2.45, 2.75) is 12.8 Å². The molecule has 1 aromatic carbocycles. The molecule has 0 heterocycles. The van der Waals surface area contributed by atoms with Crippen LogP contribution in [0.25, 0.3) is 0 Å². The van der Waals surface area contributed by atoms with Gasteiger partial charge in [0.05, 0.1) is 12.0 Å². The molecule has 0 radical (unpaired) electrons. The number of methoxy groups -OCH3 is 1. The fourth-order valence-corrected chi connectivity index (χ4v) is 1.53. The number of nitro groups is 1. The first-order valence-electron chi connectivity index (χ1n) is 4.55. The van der Waals surface area contributed by atoms with E-state index in [0.717, 1.165) is 0 Å². The van der Waals surface area contributed by atoms with Crippen LogP contribution in [0.3, 0.4) is 0 Å². The van der Waals surface area contributed by atoms with Crippen molar-refractivity contribution in [1.82, 2.24) is 0 Å². The number of esters is 1. The van der Waals surface area contributed by atoms with Crippen molar-refractivity contribution >= 4 is 23.3 Å². The van der Waals surface area contributed by atoms with Crippen molar-refractivity contribution in [1.29, 1.82) is 0 Å². The molecule has 0 aromatic heterocycles. The lowest BCUT2D eigenvalue weighted by atomic mass is 10.1. The first kappa shape index (κ1) is 12.4. The van der Waals surface area contributed by atoms with Crippen LogP contribution in [-0.4, -0.2) is 18.0 Å². The highest BCUT2D eigenvalue weighted by atomic mass is 35.5. The lowest BCUT2D eigenvalue weighted by molar-refractivity contribution is -0.384. The Kier molecular flexibility index (Phi) is 4.25. The Bertz CT molecular complexity index is 419. The Morgan fingerprint density at radius 3 is 2.81 bits per heavy atom. The lowest BCUT2D eigenvalue weighted by Crippen LogP contribution is -2.02. The molecule has 0 saturated carbocycles. The number of hydrogen-bond donors (Lipinski definition) is 0. The molecule has 0 fully saturated rings. The molecule has 5 nitrogen and oxygen atoms in total. The third-order valence-corrected chi connectivity index (χ3v) is 2.52. The molecule has 0 saturated heterocycles. The van der Waals surface area contributed by atoms with Crippen LogP contribution in [0.5, 0.6) is 0 Å². The van der Waals surface area contributed by atoms with Gasteiger partial charge in [-0.1, -0.05) is 23.7 Å². The molecule has 0 bridgehead atoms. The average Bonchev–Trinajstić information content (AvgIpc) is 2.26. The van der Waals surface area contributed by atoms with Crippen LogP contribution in [0.1, 0.15) is 12.0 Å². The van der Waals surface area contributed by atoms with Gasteiger partial charge >= 0.3 is 5.97 Å². The fourth-order valence-electron chi connectivity index (χ4n) is 1.24. The van der Waals surface area contributed by atoms with Crippen molar-refractivity contribution in [3.05, 3.63) is 38.9 Å². The number of nitrogens with zero attached hydrogens (tertiary/aromatic N) is 1. The third-order valence-electron chi connectivity index (χ3n) is 2.08. The van der Waals surface area contributed by atoms with Crippen LogP contribution in [0.15, 0.2) is 18.2 Å². The number of halogens is 1. The van der Waals surface area contributed by atoms with Gasteiger partial charge in [-0.2, -0.15) is 0 Å². The van der Waals surface area contributed by atoms with E-state index in [1.807, 2.05) is 0 Å². The van der Waals surface area contributed by atoms with Crippen molar-refractivity contribution < 1.29 is 14.5 Å².